The number of hydrogen-bond donors (Lipinski definition) is 4. The summed E-state index contributed by atoms with van der Waals surface area (Å²) in [6.45, 7) is -0.0577. The first-order chi connectivity index (χ1) is 17.2. The first kappa shape index (κ1) is 28.5. The van der Waals surface area contributed by atoms with Gasteiger partial charge in [0.25, 0.3) is 0 Å². The van der Waals surface area contributed by atoms with Gasteiger partial charge in [0.15, 0.2) is 0 Å². The van der Waals surface area contributed by atoms with Crippen LogP contribution in [-0.4, -0.2) is 65.1 Å². The topological polar surface area (TPSA) is 135 Å². The Balaban J connectivity index is 0.000000205. The van der Waals surface area contributed by atoms with Crippen LogP contribution in [0.5, 0.6) is 0 Å². The fourth-order valence-corrected chi connectivity index (χ4v) is 4.99. The molecule has 0 bridgehead atoms. The number of rotatable bonds is 8. The standard InChI is InChI=1S/C11H10Cl4N2O3.C11H14N2O3/c12-5-6(13)8(15)10-9(7(5)14)16(1-3-18)11(20)17(10)2-4-19;14-7-5-12-9-3-1-2-4-10(9)13(6-8-15)11(12)16/h18-19H,1-4H2;1-4,14-15H,5-8H2. The van der Waals surface area contributed by atoms with Gasteiger partial charge in [-0.15, -0.1) is 0 Å². The number of para-hydroxylation sites is 2. The van der Waals surface area contributed by atoms with Gasteiger partial charge in [0.05, 0.1) is 94.8 Å². The van der Waals surface area contributed by atoms with Crippen LogP contribution in [0.25, 0.3) is 22.1 Å². The van der Waals surface area contributed by atoms with E-state index in [0.717, 1.165) is 11.0 Å². The molecule has 2 aromatic carbocycles. The van der Waals surface area contributed by atoms with E-state index in [2.05, 4.69) is 0 Å². The van der Waals surface area contributed by atoms with Crippen LogP contribution in [0.2, 0.25) is 20.1 Å². The second-order valence-corrected chi connectivity index (χ2v) is 9.02. The molecule has 0 saturated heterocycles. The molecule has 0 fully saturated rings. The third kappa shape index (κ3) is 5.18. The molecule has 2 heterocycles. The zero-order valence-electron chi connectivity index (χ0n) is 18.9. The van der Waals surface area contributed by atoms with E-state index >= 15 is 0 Å². The molecule has 0 radical (unpaired) electrons. The highest BCUT2D eigenvalue weighted by Gasteiger charge is 2.23. The Kier molecular flexibility index (Phi) is 9.90. The Morgan fingerprint density at radius 2 is 0.833 bits per heavy atom. The van der Waals surface area contributed by atoms with Gasteiger partial charge in [-0.25, -0.2) is 9.59 Å². The fourth-order valence-electron chi connectivity index (χ4n) is 3.96. The SMILES string of the molecule is O=c1n(CCO)c2c(Cl)c(Cl)c(Cl)c(Cl)c2n1CCO.O=c1n(CCO)c2ccccc2n1CCO. The van der Waals surface area contributed by atoms with E-state index in [9.17, 15) is 9.59 Å². The maximum absolute atomic E-state index is 12.3. The first-order valence-corrected chi connectivity index (χ1v) is 12.3. The Bertz CT molecular complexity index is 1390. The second kappa shape index (κ2) is 12.5. The van der Waals surface area contributed by atoms with Crippen molar-refractivity contribution in [2.75, 3.05) is 26.4 Å². The molecule has 4 rings (SSSR count). The van der Waals surface area contributed by atoms with Crippen molar-refractivity contribution < 1.29 is 20.4 Å². The number of aliphatic hydroxyl groups is 4. The van der Waals surface area contributed by atoms with Crippen LogP contribution in [-0.2, 0) is 26.2 Å². The predicted molar refractivity (Wildman–Crippen MR) is 141 cm³/mol. The largest absolute Gasteiger partial charge is 0.395 e. The minimum atomic E-state index is -0.453. The number of benzene rings is 2. The molecule has 0 aliphatic heterocycles. The van der Waals surface area contributed by atoms with Crippen molar-refractivity contribution in [1.82, 2.24) is 18.3 Å². The molecule has 0 spiro atoms. The molecule has 10 nitrogen and oxygen atoms in total. The Morgan fingerprint density at radius 3 is 1.17 bits per heavy atom. The van der Waals surface area contributed by atoms with E-state index in [1.807, 2.05) is 24.3 Å². The number of nitrogens with zero attached hydrogens (tertiary/aromatic N) is 4. The summed E-state index contributed by atoms with van der Waals surface area (Å²) >= 11 is 24.3. The first-order valence-electron chi connectivity index (χ1n) is 10.8. The molecule has 4 N–H and O–H groups in total. The highest BCUT2D eigenvalue weighted by molar-refractivity contribution is 6.55. The van der Waals surface area contributed by atoms with Crippen molar-refractivity contribution in [2.45, 2.75) is 26.2 Å². The molecule has 0 atom stereocenters. The van der Waals surface area contributed by atoms with Crippen LogP contribution in [0.4, 0.5) is 0 Å². The number of hydrogen-bond acceptors (Lipinski definition) is 6. The van der Waals surface area contributed by atoms with Gasteiger partial charge in [-0.1, -0.05) is 58.5 Å². The van der Waals surface area contributed by atoms with E-state index in [-0.39, 0.29) is 78.4 Å². The van der Waals surface area contributed by atoms with E-state index in [1.165, 1.54) is 18.3 Å². The van der Waals surface area contributed by atoms with Crippen molar-refractivity contribution in [3.05, 3.63) is 65.3 Å². The summed E-state index contributed by atoms with van der Waals surface area (Å²) in [6.07, 6.45) is 0. The molecule has 0 unspecified atom stereocenters. The van der Waals surface area contributed by atoms with Crippen LogP contribution in [0.15, 0.2) is 33.9 Å². The Morgan fingerprint density at radius 1 is 0.528 bits per heavy atom. The molecule has 36 heavy (non-hydrogen) atoms. The van der Waals surface area contributed by atoms with Gasteiger partial charge in [-0.2, -0.15) is 0 Å². The lowest BCUT2D eigenvalue weighted by molar-refractivity contribution is 0.267. The van der Waals surface area contributed by atoms with Crippen LogP contribution in [0.1, 0.15) is 0 Å². The third-order valence-electron chi connectivity index (χ3n) is 5.44. The Hall–Kier alpha value is -2.02. The monoisotopic (exact) mass is 580 g/mol. The van der Waals surface area contributed by atoms with E-state index < -0.39 is 5.69 Å². The van der Waals surface area contributed by atoms with Crippen LogP contribution in [0.3, 0.4) is 0 Å². The summed E-state index contributed by atoms with van der Waals surface area (Å²) < 4.78 is 5.54. The molecular weight excluding hydrogens is 558 g/mol. The third-order valence-corrected chi connectivity index (χ3v) is 7.22. The second-order valence-electron chi connectivity index (χ2n) is 7.51. The van der Waals surface area contributed by atoms with Gasteiger partial charge >= 0.3 is 11.4 Å². The molecule has 0 aliphatic rings. The van der Waals surface area contributed by atoms with Crippen molar-refractivity contribution in [3.8, 4) is 0 Å². The van der Waals surface area contributed by atoms with E-state index in [4.69, 9.17) is 66.8 Å². The summed E-state index contributed by atoms with van der Waals surface area (Å²) in [5, 5.41) is 36.2. The Labute approximate surface area is 224 Å². The van der Waals surface area contributed by atoms with Gasteiger partial charge in [-0.3, -0.25) is 18.3 Å². The molecule has 4 aromatic rings. The predicted octanol–water partition coefficient (Wildman–Crippen LogP) is 2.19. The number of fused-ring (bicyclic) bond motifs is 2. The molecule has 0 amide bonds. The van der Waals surface area contributed by atoms with E-state index in [1.54, 1.807) is 0 Å². The van der Waals surface area contributed by atoms with Crippen LogP contribution < -0.4 is 11.4 Å². The van der Waals surface area contributed by atoms with Gasteiger partial charge in [0.1, 0.15) is 0 Å². The molecule has 0 aliphatic carbocycles. The quantitative estimate of drug-likeness (QED) is 0.186. The molecule has 14 heteroatoms. The summed E-state index contributed by atoms with van der Waals surface area (Å²) in [5.74, 6) is 0. The molecular formula is C22H24Cl4N4O6. The van der Waals surface area contributed by atoms with Gasteiger partial charge in [0, 0.05) is 0 Å². The average Bonchev–Trinajstić information content (AvgIpc) is 3.30. The lowest BCUT2D eigenvalue weighted by Gasteiger charge is -2.08. The highest BCUT2D eigenvalue weighted by Crippen LogP contribution is 2.42. The van der Waals surface area contributed by atoms with Crippen LogP contribution in [0, 0.1) is 0 Å². The summed E-state index contributed by atoms with van der Waals surface area (Å²) in [4.78, 5) is 24.3. The fraction of sp³-hybridized carbons (Fsp3) is 0.364. The number of aromatic nitrogens is 4. The number of halogens is 4. The summed E-state index contributed by atoms with van der Waals surface area (Å²) in [7, 11) is 0. The normalized spacial score (nSPS) is 11.3. The number of aliphatic hydroxyl groups excluding tert-OH is 4. The zero-order valence-corrected chi connectivity index (χ0v) is 21.9. The zero-order chi connectivity index (χ0) is 26.6. The number of imidazole rings is 2. The van der Waals surface area contributed by atoms with Crippen molar-refractivity contribution in [3.63, 3.8) is 0 Å². The summed E-state index contributed by atoms with van der Waals surface area (Å²) in [6, 6.07) is 7.36. The molecule has 2 aromatic heterocycles. The maximum atomic E-state index is 12.3. The smallest absolute Gasteiger partial charge is 0.329 e. The molecule has 0 saturated carbocycles. The van der Waals surface area contributed by atoms with E-state index in [0.29, 0.717) is 11.0 Å². The lowest BCUT2D eigenvalue weighted by Crippen LogP contribution is -2.26. The van der Waals surface area contributed by atoms with Gasteiger partial charge in [-0.05, 0) is 12.1 Å². The van der Waals surface area contributed by atoms with Crippen LogP contribution >= 0.6 is 46.4 Å². The highest BCUT2D eigenvalue weighted by atomic mass is 35.5. The van der Waals surface area contributed by atoms with Crippen molar-refractivity contribution in [2.24, 2.45) is 0 Å². The minimum absolute atomic E-state index is 0.0295. The van der Waals surface area contributed by atoms with Gasteiger partial charge < -0.3 is 20.4 Å². The molecule has 196 valence electrons. The minimum Gasteiger partial charge on any atom is -0.395 e. The van der Waals surface area contributed by atoms with Gasteiger partial charge in [0.2, 0.25) is 0 Å². The maximum Gasteiger partial charge on any atom is 0.329 e. The average molecular weight is 582 g/mol. The lowest BCUT2D eigenvalue weighted by atomic mass is 10.3. The van der Waals surface area contributed by atoms with Crippen molar-refractivity contribution in [1.29, 1.82) is 0 Å². The summed E-state index contributed by atoms with van der Waals surface area (Å²) in [5.41, 5.74) is 1.51. The van der Waals surface area contributed by atoms with Crippen molar-refractivity contribution >= 4 is 68.5 Å².